The molecule has 0 saturated carbocycles. The summed E-state index contributed by atoms with van der Waals surface area (Å²) in [6.45, 7) is 6.67. The molecule has 0 aromatic heterocycles. The van der Waals surface area contributed by atoms with Gasteiger partial charge in [-0.1, -0.05) is 17.7 Å². The number of carbonyl (C=O) groups is 1. The molecule has 2 aromatic rings. The Kier molecular flexibility index (Phi) is 6.86. The summed E-state index contributed by atoms with van der Waals surface area (Å²) in [6.07, 6.45) is 0.996. The van der Waals surface area contributed by atoms with Crippen molar-refractivity contribution in [2.45, 2.75) is 13.3 Å². The highest BCUT2D eigenvalue weighted by molar-refractivity contribution is 6.31. The Bertz CT molecular complexity index is 966. The highest BCUT2D eigenvalue weighted by atomic mass is 35.5. The van der Waals surface area contributed by atoms with Gasteiger partial charge in [-0.25, -0.2) is 8.78 Å². The van der Waals surface area contributed by atoms with E-state index >= 15 is 0 Å². The van der Waals surface area contributed by atoms with Crippen molar-refractivity contribution < 1.29 is 18.3 Å². The molecule has 8 heteroatoms. The Morgan fingerprint density at radius 2 is 1.78 bits per heavy atom. The van der Waals surface area contributed by atoms with E-state index < -0.39 is 23.1 Å². The number of likely N-dealkylation sites (tertiary alicyclic amines) is 2. The molecule has 2 heterocycles. The van der Waals surface area contributed by atoms with E-state index in [1.807, 2.05) is 25.1 Å². The first-order valence-corrected chi connectivity index (χ1v) is 11.3. The van der Waals surface area contributed by atoms with Crippen molar-refractivity contribution >= 4 is 23.2 Å². The van der Waals surface area contributed by atoms with Crippen molar-refractivity contribution in [3.8, 4) is 5.75 Å². The molecule has 4 rings (SSSR count). The molecule has 0 spiro atoms. The minimum absolute atomic E-state index is 0.0606. The quantitative estimate of drug-likeness (QED) is 0.616. The highest BCUT2D eigenvalue weighted by Gasteiger charge is 2.42. The number of fused-ring (bicyclic) bond motifs is 1. The van der Waals surface area contributed by atoms with Gasteiger partial charge in [0.05, 0.1) is 7.11 Å². The van der Waals surface area contributed by atoms with Crippen LogP contribution in [0.3, 0.4) is 0 Å². The molecule has 0 aliphatic carbocycles. The maximum absolute atomic E-state index is 14.3. The Balaban J connectivity index is 1.24. The molecule has 0 bridgehead atoms. The zero-order valence-electron chi connectivity index (χ0n) is 18.3. The van der Waals surface area contributed by atoms with Crippen LogP contribution in [0.2, 0.25) is 5.02 Å². The molecule has 5 nitrogen and oxygen atoms in total. The smallest absolute Gasteiger partial charge is 0.259 e. The molecular weight excluding hydrogens is 436 g/mol. The van der Waals surface area contributed by atoms with Crippen molar-refractivity contribution in [1.82, 2.24) is 9.80 Å². The van der Waals surface area contributed by atoms with Crippen LogP contribution in [-0.2, 0) is 0 Å². The van der Waals surface area contributed by atoms with Crippen LogP contribution < -0.4 is 10.1 Å². The van der Waals surface area contributed by atoms with E-state index in [9.17, 15) is 13.6 Å². The van der Waals surface area contributed by atoms with E-state index in [0.717, 1.165) is 61.0 Å². The van der Waals surface area contributed by atoms with E-state index in [1.54, 1.807) is 4.90 Å². The zero-order chi connectivity index (χ0) is 22.8. The van der Waals surface area contributed by atoms with Gasteiger partial charge in [-0.05, 0) is 49.4 Å². The molecule has 1 amide bonds. The maximum Gasteiger partial charge on any atom is 0.259 e. The van der Waals surface area contributed by atoms with E-state index in [4.69, 9.17) is 16.3 Å². The minimum atomic E-state index is -0.882. The van der Waals surface area contributed by atoms with Crippen LogP contribution in [-0.4, -0.2) is 62.1 Å². The Labute approximate surface area is 192 Å². The lowest BCUT2D eigenvalue weighted by Gasteiger charge is -2.22. The summed E-state index contributed by atoms with van der Waals surface area (Å²) >= 11 is 6.17. The fourth-order valence-corrected chi connectivity index (χ4v) is 4.89. The van der Waals surface area contributed by atoms with Gasteiger partial charge < -0.3 is 19.9 Å². The van der Waals surface area contributed by atoms with Crippen LogP contribution in [0.25, 0.3) is 0 Å². The Hall–Kier alpha value is -2.38. The van der Waals surface area contributed by atoms with Crippen molar-refractivity contribution in [3.63, 3.8) is 0 Å². The van der Waals surface area contributed by atoms with Crippen molar-refractivity contribution in [1.29, 1.82) is 0 Å². The van der Waals surface area contributed by atoms with Crippen LogP contribution >= 0.6 is 11.6 Å². The number of ether oxygens (including phenoxy) is 1. The predicted molar refractivity (Wildman–Crippen MR) is 122 cm³/mol. The lowest BCUT2D eigenvalue weighted by molar-refractivity contribution is 0.0764. The van der Waals surface area contributed by atoms with Crippen LogP contribution in [0, 0.1) is 30.4 Å². The summed E-state index contributed by atoms with van der Waals surface area (Å²) in [4.78, 5) is 16.8. The number of halogens is 3. The second-order valence-electron chi connectivity index (χ2n) is 8.70. The summed E-state index contributed by atoms with van der Waals surface area (Å²) in [7, 11) is 1.33. The van der Waals surface area contributed by atoms with Gasteiger partial charge in [0.1, 0.15) is 22.9 Å². The molecule has 2 aliphatic heterocycles. The summed E-state index contributed by atoms with van der Waals surface area (Å²) in [5, 5.41) is 4.16. The third kappa shape index (κ3) is 4.84. The second kappa shape index (κ2) is 9.63. The Morgan fingerprint density at radius 1 is 1.12 bits per heavy atom. The summed E-state index contributed by atoms with van der Waals surface area (Å²) in [5.41, 5.74) is 1.58. The molecular formula is C24H28ClF2N3O2. The van der Waals surface area contributed by atoms with E-state index in [-0.39, 0.29) is 5.75 Å². The van der Waals surface area contributed by atoms with Gasteiger partial charge in [-0.15, -0.1) is 0 Å². The van der Waals surface area contributed by atoms with Gasteiger partial charge in [0.2, 0.25) is 0 Å². The topological polar surface area (TPSA) is 44.8 Å². The largest absolute Gasteiger partial charge is 0.497 e. The summed E-state index contributed by atoms with van der Waals surface area (Å²) in [5.74, 6) is -1.60. The second-order valence-corrected chi connectivity index (χ2v) is 9.11. The van der Waals surface area contributed by atoms with Crippen molar-refractivity contribution in [2.24, 2.45) is 11.8 Å². The maximum atomic E-state index is 14.3. The molecule has 2 atom stereocenters. The first-order valence-electron chi connectivity index (χ1n) is 10.9. The number of aryl methyl sites for hydroxylation is 1. The minimum Gasteiger partial charge on any atom is -0.497 e. The third-order valence-corrected chi connectivity index (χ3v) is 6.87. The number of benzene rings is 2. The molecule has 2 fully saturated rings. The standard InChI is InChI=1S/C24H28ClF2N3O2/c1-15-4-5-18(8-20(15)25)28-6-3-7-29-11-16-13-30(14-17(16)12-29)24(31)23-21(26)9-19(32-2)10-22(23)27/h4-5,8-10,16-17,28H,3,6-7,11-14H2,1-2H3. The fourth-order valence-electron chi connectivity index (χ4n) is 4.71. The van der Waals surface area contributed by atoms with Crippen molar-refractivity contribution in [3.05, 3.63) is 58.1 Å². The first-order chi connectivity index (χ1) is 15.4. The number of hydrogen-bond donors (Lipinski definition) is 1. The van der Waals surface area contributed by atoms with E-state index in [0.29, 0.717) is 24.9 Å². The van der Waals surface area contributed by atoms with Gasteiger partial charge >= 0.3 is 0 Å². The summed E-state index contributed by atoms with van der Waals surface area (Å²) in [6, 6.07) is 8.07. The predicted octanol–water partition coefficient (Wildman–Crippen LogP) is 4.44. The van der Waals surface area contributed by atoms with Crippen LogP contribution in [0.5, 0.6) is 5.75 Å². The Morgan fingerprint density at radius 3 is 2.38 bits per heavy atom. The number of methoxy groups -OCH3 is 1. The lowest BCUT2D eigenvalue weighted by atomic mass is 10.0. The zero-order valence-corrected chi connectivity index (χ0v) is 19.1. The van der Waals surface area contributed by atoms with Crippen LogP contribution in [0.1, 0.15) is 22.3 Å². The van der Waals surface area contributed by atoms with Crippen molar-refractivity contribution in [2.75, 3.05) is 51.7 Å². The number of amides is 1. The molecule has 172 valence electrons. The molecule has 0 radical (unpaired) electrons. The highest BCUT2D eigenvalue weighted by Crippen LogP contribution is 2.33. The number of anilines is 1. The van der Waals surface area contributed by atoms with Gasteiger partial charge in [0.15, 0.2) is 0 Å². The number of nitrogens with zero attached hydrogens (tertiary/aromatic N) is 2. The van der Waals surface area contributed by atoms with Crippen LogP contribution in [0.15, 0.2) is 30.3 Å². The fraction of sp³-hybridized carbons (Fsp3) is 0.458. The monoisotopic (exact) mass is 463 g/mol. The number of rotatable bonds is 7. The number of carbonyl (C=O) groups excluding carboxylic acids is 1. The number of hydrogen-bond acceptors (Lipinski definition) is 4. The third-order valence-electron chi connectivity index (χ3n) is 6.47. The molecule has 2 saturated heterocycles. The molecule has 1 N–H and O–H groups in total. The molecule has 32 heavy (non-hydrogen) atoms. The normalized spacial score (nSPS) is 20.5. The average Bonchev–Trinajstić information content (AvgIpc) is 3.32. The first kappa shape index (κ1) is 22.8. The molecule has 2 unspecified atom stereocenters. The SMILES string of the molecule is COc1cc(F)c(C(=O)N2CC3CN(CCCNc4ccc(C)c(Cl)c4)CC3C2)c(F)c1. The van der Waals surface area contributed by atoms with Gasteiger partial charge in [0.25, 0.3) is 5.91 Å². The lowest BCUT2D eigenvalue weighted by Crippen LogP contribution is -2.34. The van der Waals surface area contributed by atoms with Gasteiger partial charge in [-0.2, -0.15) is 0 Å². The van der Waals surface area contributed by atoms with E-state index in [1.165, 1.54) is 7.11 Å². The average molecular weight is 464 g/mol. The molecule has 2 aromatic carbocycles. The number of nitrogens with one attached hydrogen (secondary N) is 1. The van der Waals surface area contributed by atoms with Gasteiger partial charge in [0, 0.05) is 55.6 Å². The van der Waals surface area contributed by atoms with Gasteiger partial charge in [-0.3, -0.25) is 4.79 Å². The molecule has 2 aliphatic rings. The van der Waals surface area contributed by atoms with E-state index in [2.05, 4.69) is 10.2 Å². The summed E-state index contributed by atoms with van der Waals surface area (Å²) < 4.78 is 33.5. The van der Waals surface area contributed by atoms with Crippen LogP contribution in [0.4, 0.5) is 14.5 Å².